The summed E-state index contributed by atoms with van der Waals surface area (Å²) < 4.78 is 16.8. The fraction of sp³-hybridized carbons (Fsp3) is 0.308. The predicted molar refractivity (Wildman–Crippen MR) is 128 cm³/mol. The van der Waals surface area contributed by atoms with E-state index in [4.69, 9.17) is 14.2 Å². The van der Waals surface area contributed by atoms with Gasteiger partial charge in [0.15, 0.2) is 5.78 Å². The summed E-state index contributed by atoms with van der Waals surface area (Å²) in [6, 6.07) is 13.4. The van der Waals surface area contributed by atoms with Gasteiger partial charge in [-0.1, -0.05) is 24.3 Å². The van der Waals surface area contributed by atoms with Crippen LogP contribution >= 0.6 is 15.9 Å². The molecule has 0 unspecified atom stereocenters. The lowest BCUT2D eigenvalue weighted by Crippen LogP contribution is -2.36. The number of allylic oxidation sites excluding steroid dienone is 3. The minimum absolute atomic E-state index is 0.00509. The van der Waals surface area contributed by atoms with Crippen LogP contribution in [0.3, 0.4) is 0 Å². The highest BCUT2D eigenvalue weighted by molar-refractivity contribution is 9.10. The zero-order valence-electron chi connectivity index (χ0n) is 19.0. The first-order chi connectivity index (χ1) is 15.9. The number of carbonyl (C=O) groups is 2. The van der Waals surface area contributed by atoms with E-state index >= 15 is 0 Å². The number of dihydropyridines is 1. The van der Waals surface area contributed by atoms with Crippen LogP contribution in [0, 0.1) is 0 Å². The second kappa shape index (κ2) is 9.43. The second-order valence-corrected chi connectivity index (χ2v) is 9.00. The Labute approximate surface area is 201 Å². The molecule has 0 saturated heterocycles. The van der Waals surface area contributed by atoms with Gasteiger partial charge in [-0.15, -0.1) is 0 Å². The lowest BCUT2D eigenvalue weighted by molar-refractivity contribution is -0.136. The number of ether oxygens (including phenoxy) is 3. The lowest BCUT2D eigenvalue weighted by Gasteiger charge is -2.37. The van der Waals surface area contributed by atoms with Crippen molar-refractivity contribution in [3.05, 3.63) is 80.6 Å². The van der Waals surface area contributed by atoms with Crippen LogP contribution in [0.1, 0.15) is 42.7 Å². The highest BCUT2D eigenvalue weighted by Crippen LogP contribution is 2.47. The number of rotatable bonds is 5. The molecule has 0 saturated carbocycles. The molecule has 1 aliphatic heterocycles. The number of halogens is 1. The Bertz CT molecular complexity index is 1180. The maximum absolute atomic E-state index is 13.6. The molecule has 1 N–H and O–H groups in total. The molecule has 0 spiro atoms. The Kier molecular flexibility index (Phi) is 6.61. The molecule has 0 radical (unpaired) electrons. The zero-order valence-corrected chi connectivity index (χ0v) is 20.6. The van der Waals surface area contributed by atoms with Crippen molar-refractivity contribution < 1.29 is 23.8 Å². The molecule has 0 aromatic heterocycles. The standard InChI is InChI=1S/C26H26BrNO5/c1-14-23(26(30)33-4)24(15-9-10-22(32-3)18(27)11-15)25-19(28-14)12-16(13-20(25)29)17-7-5-6-8-21(17)31-2/h5-11,16,24,28H,12-13H2,1-4H3/t16-,24+/m1/s1. The van der Waals surface area contributed by atoms with E-state index in [1.54, 1.807) is 14.2 Å². The number of hydrogen-bond donors (Lipinski definition) is 1. The Morgan fingerprint density at radius 1 is 1.03 bits per heavy atom. The van der Waals surface area contributed by atoms with Crippen LogP contribution in [-0.4, -0.2) is 33.1 Å². The van der Waals surface area contributed by atoms with E-state index in [0.29, 0.717) is 35.4 Å². The summed E-state index contributed by atoms with van der Waals surface area (Å²) in [6.45, 7) is 1.85. The van der Waals surface area contributed by atoms with Crippen molar-refractivity contribution in [3.8, 4) is 11.5 Å². The molecule has 2 atom stereocenters. The van der Waals surface area contributed by atoms with Gasteiger partial charge in [0, 0.05) is 35.2 Å². The van der Waals surface area contributed by atoms with Gasteiger partial charge in [0.25, 0.3) is 0 Å². The molecule has 2 aromatic carbocycles. The molecule has 1 aliphatic carbocycles. The molecule has 2 aliphatic rings. The number of hydrogen-bond acceptors (Lipinski definition) is 6. The summed E-state index contributed by atoms with van der Waals surface area (Å²) in [6.07, 6.45) is 0.975. The van der Waals surface area contributed by atoms with Crippen molar-refractivity contribution in [1.29, 1.82) is 0 Å². The fourth-order valence-corrected chi connectivity index (χ4v) is 5.40. The minimum Gasteiger partial charge on any atom is -0.496 e. The monoisotopic (exact) mass is 511 g/mol. The topological polar surface area (TPSA) is 73.9 Å². The first-order valence-corrected chi connectivity index (χ1v) is 11.5. The van der Waals surface area contributed by atoms with Gasteiger partial charge in [0.2, 0.25) is 0 Å². The Balaban J connectivity index is 1.83. The number of Topliss-reactive ketones (excluding diaryl/α,β-unsaturated/α-hetero) is 1. The van der Waals surface area contributed by atoms with Crippen molar-refractivity contribution in [2.24, 2.45) is 0 Å². The molecular formula is C26H26BrNO5. The molecule has 0 amide bonds. The molecule has 6 nitrogen and oxygen atoms in total. The van der Waals surface area contributed by atoms with Crippen molar-refractivity contribution in [2.45, 2.75) is 31.6 Å². The van der Waals surface area contributed by atoms with Gasteiger partial charge >= 0.3 is 5.97 Å². The number of ketones is 1. The van der Waals surface area contributed by atoms with Crippen molar-refractivity contribution in [1.82, 2.24) is 5.32 Å². The average molecular weight is 512 g/mol. The van der Waals surface area contributed by atoms with Gasteiger partial charge in [0.1, 0.15) is 11.5 Å². The number of para-hydroxylation sites is 1. The Morgan fingerprint density at radius 3 is 2.42 bits per heavy atom. The van der Waals surface area contributed by atoms with E-state index in [9.17, 15) is 9.59 Å². The van der Waals surface area contributed by atoms with Gasteiger partial charge in [0.05, 0.1) is 31.4 Å². The van der Waals surface area contributed by atoms with Gasteiger partial charge in [-0.3, -0.25) is 4.79 Å². The number of methoxy groups -OCH3 is 3. The number of nitrogens with one attached hydrogen (secondary N) is 1. The highest BCUT2D eigenvalue weighted by atomic mass is 79.9. The lowest BCUT2D eigenvalue weighted by atomic mass is 9.71. The Morgan fingerprint density at radius 2 is 1.76 bits per heavy atom. The Hall–Kier alpha value is -3.06. The van der Waals surface area contributed by atoms with Gasteiger partial charge in [-0.05, 0) is 58.6 Å². The van der Waals surface area contributed by atoms with Gasteiger partial charge in [-0.25, -0.2) is 4.79 Å². The molecular weight excluding hydrogens is 486 g/mol. The smallest absolute Gasteiger partial charge is 0.336 e. The maximum atomic E-state index is 13.6. The van der Waals surface area contributed by atoms with Crippen LogP contribution in [0.2, 0.25) is 0 Å². The van der Waals surface area contributed by atoms with Crippen LogP contribution in [0.25, 0.3) is 0 Å². The summed E-state index contributed by atoms with van der Waals surface area (Å²) in [7, 11) is 4.59. The third-order valence-corrected chi connectivity index (χ3v) is 6.94. The van der Waals surface area contributed by atoms with E-state index < -0.39 is 11.9 Å². The predicted octanol–water partition coefficient (Wildman–Crippen LogP) is 5.00. The quantitative estimate of drug-likeness (QED) is 0.569. The van der Waals surface area contributed by atoms with Crippen LogP contribution < -0.4 is 14.8 Å². The fourth-order valence-electron chi connectivity index (χ4n) is 4.84. The largest absolute Gasteiger partial charge is 0.496 e. The van der Waals surface area contributed by atoms with E-state index in [1.165, 1.54) is 7.11 Å². The van der Waals surface area contributed by atoms with Crippen LogP contribution in [-0.2, 0) is 14.3 Å². The molecule has 172 valence electrons. The summed E-state index contributed by atoms with van der Waals surface area (Å²) in [5.41, 5.74) is 4.41. The summed E-state index contributed by atoms with van der Waals surface area (Å²) in [4.78, 5) is 26.4. The van der Waals surface area contributed by atoms with Crippen LogP contribution in [0.4, 0.5) is 0 Å². The van der Waals surface area contributed by atoms with Gasteiger partial charge < -0.3 is 19.5 Å². The van der Waals surface area contributed by atoms with E-state index in [1.807, 2.05) is 49.4 Å². The molecule has 7 heteroatoms. The third kappa shape index (κ3) is 4.17. The number of carbonyl (C=O) groups excluding carboxylic acids is 2. The maximum Gasteiger partial charge on any atom is 0.336 e. The number of esters is 1. The highest BCUT2D eigenvalue weighted by Gasteiger charge is 2.41. The number of benzene rings is 2. The normalized spacial score (nSPS) is 20.2. The first kappa shape index (κ1) is 23.1. The molecule has 2 aromatic rings. The van der Waals surface area contributed by atoms with Crippen molar-refractivity contribution >= 4 is 27.7 Å². The van der Waals surface area contributed by atoms with E-state index in [-0.39, 0.29) is 11.7 Å². The summed E-state index contributed by atoms with van der Waals surface area (Å²) in [5.74, 6) is 0.452. The SMILES string of the molecule is COC(=O)C1=C(C)NC2=C(C(=O)C[C@H](c3ccccc3OC)C2)[C@H]1c1ccc(OC)c(Br)c1. The zero-order chi connectivity index (χ0) is 23.7. The molecule has 0 bridgehead atoms. The summed E-state index contributed by atoms with van der Waals surface area (Å²) in [5, 5.41) is 3.35. The molecule has 33 heavy (non-hydrogen) atoms. The first-order valence-electron chi connectivity index (χ1n) is 10.7. The minimum atomic E-state index is -0.526. The second-order valence-electron chi connectivity index (χ2n) is 8.14. The van der Waals surface area contributed by atoms with E-state index in [0.717, 1.165) is 27.0 Å². The van der Waals surface area contributed by atoms with Crippen molar-refractivity contribution in [2.75, 3.05) is 21.3 Å². The molecule has 4 rings (SSSR count). The van der Waals surface area contributed by atoms with Crippen molar-refractivity contribution in [3.63, 3.8) is 0 Å². The molecule has 1 heterocycles. The summed E-state index contributed by atoms with van der Waals surface area (Å²) >= 11 is 3.53. The average Bonchev–Trinajstić information content (AvgIpc) is 2.82. The van der Waals surface area contributed by atoms with Crippen LogP contribution in [0.15, 0.2) is 69.5 Å². The van der Waals surface area contributed by atoms with Gasteiger partial charge in [-0.2, -0.15) is 0 Å². The van der Waals surface area contributed by atoms with E-state index in [2.05, 4.69) is 21.2 Å². The molecule has 0 fully saturated rings. The van der Waals surface area contributed by atoms with Crippen LogP contribution in [0.5, 0.6) is 11.5 Å². The third-order valence-electron chi connectivity index (χ3n) is 6.32.